The third-order valence-corrected chi connectivity index (χ3v) is 3.21. The highest BCUT2D eigenvalue weighted by molar-refractivity contribution is 5.85. The highest BCUT2D eigenvalue weighted by Crippen LogP contribution is 2.14. The van der Waals surface area contributed by atoms with Crippen LogP contribution in [0.25, 0.3) is 0 Å². The van der Waals surface area contributed by atoms with Gasteiger partial charge in [-0.15, -0.1) is 12.4 Å². The van der Waals surface area contributed by atoms with Crippen LogP contribution in [0.4, 0.5) is 0 Å². The maximum absolute atomic E-state index is 11.8. The highest BCUT2D eigenvalue weighted by Gasteiger charge is 2.26. The van der Waals surface area contributed by atoms with Crippen LogP contribution in [0, 0.1) is 0 Å². The lowest BCUT2D eigenvalue weighted by molar-refractivity contribution is -0.124. The van der Waals surface area contributed by atoms with Gasteiger partial charge in [0.25, 0.3) is 0 Å². The number of ether oxygens (including phenoxy) is 1. The SMILES string of the molecule is CC1CC(NC(=O)C2CCCN2)CCO1.Cl. The first kappa shape index (κ1) is 13.7. The zero-order chi connectivity index (χ0) is 10.7. The lowest BCUT2D eigenvalue weighted by atomic mass is 10.0. The average Bonchev–Trinajstić information content (AvgIpc) is 2.70. The summed E-state index contributed by atoms with van der Waals surface area (Å²) in [5.41, 5.74) is 0. The smallest absolute Gasteiger partial charge is 0.237 e. The number of nitrogens with one attached hydrogen (secondary N) is 2. The molecular weight excluding hydrogens is 228 g/mol. The first-order chi connectivity index (χ1) is 7.25. The fourth-order valence-corrected chi connectivity index (χ4v) is 2.34. The molecule has 0 bridgehead atoms. The van der Waals surface area contributed by atoms with Gasteiger partial charge in [-0.1, -0.05) is 0 Å². The van der Waals surface area contributed by atoms with Gasteiger partial charge in [-0.05, 0) is 39.2 Å². The molecule has 2 aliphatic rings. The molecule has 2 aliphatic heterocycles. The van der Waals surface area contributed by atoms with Crippen LogP contribution in [0.2, 0.25) is 0 Å². The Morgan fingerprint density at radius 2 is 2.25 bits per heavy atom. The van der Waals surface area contributed by atoms with Crippen molar-refractivity contribution >= 4 is 18.3 Å². The molecule has 0 aromatic heterocycles. The first-order valence-electron chi connectivity index (χ1n) is 5.91. The molecule has 5 heteroatoms. The molecule has 0 aromatic rings. The van der Waals surface area contributed by atoms with Crippen LogP contribution in [0.5, 0.6) is 0 Å². The summed E-state index contributed by atoms with van der Waals surface area (Å²) in [6.45, 7) is 3.80. The molecule has 1 amide bonds. The van der Waals surface area contributed by atoms with Crippen molar-refractivity contribution in [1.82, 2.24) is 10.6 Å². The standard InChI is InChI=1S/C11H20N2O2.ClH/c1-8-7-9(4-6-15-8)13-11(14)10-3-2-5-12-10;/h8-10,12H,2-7H2,1H3,(H,13,14);1H. The maximum atomic E-state index is 11.8. The van der Waals surface area contributed by atoms with E-state index in [0.29, 0.717) is 6.04 Å². The van der Waals surface area contributed by atoms with Crippen molar-refractivity contribution in [2.75, 3.05) is 13.2 Å². The molecule has 16 heavy (non-hydrogen) atoms. The Bertz CT molecular complexity index is 232. The summed E-state index contributed by atoms with van der Waals surface area (Å²) in [6, 6.07) is 0.354. The summed E-state index contributed by atoms with van der Waals surface area (Å²) in [7, 11) is 0. The van der Waals surface area contributed by atoms with Crippen molar-refractivity contribution in [3.05, 3.63) is 0 Å². The largest absolute Gasteiger partial charge is 0.378 e. The minimum Gasteiger partial charge on any atom is -0.378 e. The summed E-state index contributed by atoms with van der Waals surface area (Å²) in [4.78, 5) is 11.8. The maximum Gasteiger partial charge on any atom is 0.237 e. The molecule has 3 unspecified atom stereocenters. The fraction of sp³-hybridized carbons (Fsp3) is 0.909. The molecule has 2 rings (SSSR count). The molecular formula is C11H21ClN2O2. The van der Waals surface area contributed by atoms with E-state index >= 15 is 0 Å². The van der Waals surface area contributed by atoms with E-state index in [2.05, 4.69) is 17.6 Å². The van der Waals surface area contributed by atoms with E-state index in [0.717, 1.165) is 38.8 Å². The van der Waals surface area contributed by atoms with Crippen LogP contribution < -0.4 is 10.6 Å². The van der Waals surface area contributed by atoms with Crippen molar-refractivity contribution < 1.29 is 9.53 Å². The predicted molar refractivity (Wildman–Crippen MR) is 64.9 cm³/mol. The van der Waals surface area contributed by atoms with Gasteiger partial charge in [0.15, 0.2) is 0 Å². The van der Waals surface area contributed by atoms with E-state index in [1.165, 1.54) is 0 Å². The van der Waals surface area contributed by atoms with Crippen molar-refractivity contribution in [2.45, 2.75) is 50.8 Å². The Balaban J connectivity index is 0.00000128. The summed E-state index contributed by atoms with van der Waals surface area (Å²) >= 11 is 0. The monoisotopic (exact) mass is 248 g/mol. The topological polar surface area (TPSA) is 50.4 Å². The number of hydrogen-bond donors (Lipinski definition) is 2. The van der Waals surface area contributed by atoms with Crippen molar-refractivity contribution in [3.63, 3.8) is 0 Å². The van der Waals surface area contributed by atoms with Gasteiger partial charge >= 0.3 is 0 Å². The molecule has 0 aromatic carbocycles. The van der Waals surface area contributed by atoms with Gasteiger partial charge in [0, 0.05) is 12.6 Å². The molecule has 0 radical (unpaired) electrons. The molecule has 3 atom stereocenters. The molecule has 2 N–H and O–H groups in total. The Morgan fingerprint density at radius 1 is 1.44 bits per heavy atom. The molecule has 2 fully saturated rings. The second-order valence-corrected chi connectivity index (χ2v) is 4.56. The lowest BCUT2D eigenvalue weighted by Gasteiger charge is -2.28. The van der Waals surface area contributed by atoms with Gasteiger partial charge in [-0.2, -0.15) is 0 Å². The van der Waals surface area contributed by atoms with E-state index in [1.54, 1.807) is 0 Å². The predicted octanol–water partition coefficient (Wildman–Crippen LogP) is 0.844. The number of carbonyl (C=O) groups excluding carboxylic acids is 1. The number of carbonyl (C=O) groups is 1. The van der Waals surface area contributed by atoms with Crippen LogP contribution in [-0.2, 0) is 9.53 Å². The minimum atomic E-state index is 0. The van der Waals surface area contributed by atoms with Crippen LogP contribution in [0.3, 0.4) is 0 Å². The molecule has 94 valence electrons. The van der Waals surface area contributed by atoms with Gasteiger partial charge < -0.3 is 15.4 Å². The van der Waals surface area contributed by atoms with Gasteiger partial charge in [0.1, 0.15) is 0 Å². The van der Waals surface area contributed by atoms with E-state index in [-0.39, 0.29) is 30.5 Å². The summed E-state index contributed by atoms with van der Waals surface area (Å²) < 4.78 is 5.45. The van der Waals surface area contributed by atoms with Crippen LogP contribution in [-0.4, -0.2) is 37.2 Å². The molecule has 4 nitrogen and oxygen atoms in total. The van der Waals surface area contributed by atoms with Crippen LogP contribution >= 0.6 is 12.4 Å². The molecule has 2 heterocycles. The Hall–Kier alpha value is -0.320. The van der Waals surface area contributed by atoms with Crippen molar-refractivity contribution in [3.8, 4) is 0 Å². The molecule has 0 saturated carbocycles. The fourth-order valence-electron chi connectivity index (χ4n) is 2.34. The quantitative estimate of drug-likeness (QED) is 0.762. The molecule has 0 aliphatic carbocycles. The Morgan fingerprint density at radius 3 is 2.88 bits per heavy atom. The van der Waals surface area contributed by atoms with E-state index in [1.807, 2.05) is 0 Å². The van der Waals surface area contributed by atoms with Crippen molar-refractivity contribution in [1.29, 1.82) is 0 Å². The Kier molecular flexibility index (Phi) is 5.52. The second-order valence-electron chi connectivity index (χ2n) is 4.56. The normalized spacial score (nSPS) is 34.2. The van der Waals surface area contributed by atoms with Crippen LogP contribution in [0.1, 0.15) is 32.6 Å². The average molecular weight is 249 g/mol. The zero-order valence-electron chi connectivity index (χ0n) is 9.70. The number of hydrogen-bond acceptors (Lipinski definition) is 3. The van der Waals surface area contributed by atoms with Gasteiger partial charge in [0.2, 0.25) is 5.91 Å². The number of rotatable bonds is 2. The second kappa shape index (κ2) is 6.42. The lowest BCUT2D eigenvalue weighted by Crippen LogP contribution is -2.48. The summed E-state index contributed by atoms with van der Waals surface area (Å²) in [6.07, 6.45) is 4.26. The zero-order valence-corrected chi connectivity index (χ0v) is 10.5. The van der Waals surface area contributed by atoms with E-state index < -0.39 is 0 Å². The molecule has 2 saturated heterocycles. The summed E-state index contributed by atoms with van der Waals surface area (Å²) in [5, 5.41) is 6.32. The third kappa shape index (κ3) is 3.61. The first-order valence-corrected chi connectivity index (χ1v) is 5.91. The minimum absolute atomic E-state index is 0. The van der Waals surface area contributed by atoms with Gasteiger partial charge in [-0.25, -0.2) is 0 Å². The summed E-state index contributed by atoms with van der Waals surface area (Å²) in [5.74, 6) is 0.173. The van der Waals surface area contributed by atoms with Crippen LogP contribution in [0.15, 0.2) is 0 Å². The van der Waals surface area contributed by atoms with Gasteiger partial charge in [-0.3, -0.25) is 4.79 Å². The third-order valence-electron chi connectivity index (χ3n) is 3.21. The van der Waals surface area contributed by atoms with E-state index in [9.17, 15) is 4.79 Å². The number of halogens is 1. The van der Waals surface area contributed by atoms with Gasteiger partial charge in [0.05, 0.1) is 12.1 Å². The molecule has 0 spiro atoms. The highest BCUT2D eigenvalue weighted by atomic mass is 35.5. The van der Waals surface area contributed by atoms with E-state index in [4.69, 9.17) is 4.74 Å². The number of amides is 1. The van der Waals surface area contributed by atoms with Crippen molar-refractivity contribution in [2.24, 2.45) is 0 Å². The Labute approximate surface area is 103 Å².